The van der Waals surface area contributed by atoms with Crippen molar-refractivity contribution in [2.75, 3.05) is 6.61 Å². The molecule has 1 atom stereocenters. The van der Waals surface area contributed by atoms with Crippen LogP contribution in [0.5, 0.6) is 5.75 Å². The zero-order valence-corrected chi connectivity index (χ0v) is 14.3. The monoisotopic (exact) mass is 335 g/mol. The topological polar surface area (TPSA) is 67.0 Å². The van der Waals surface area contributed by atoms with Gasteiger partial charge in [-0.2, -0.15) is 5.10 Å². The summed E-state index contributed by atoms with van der Waals surface area (Å²) in [5.74, 6) is 0.641. The second-order valence-corrected chi connectivity index (χ2v) is 5.73. The standard InChI is InChI=1S/C20H21N3O2/c1-3-25-17-11-9-15(10-12-17)14(2)21-20(24)19-13-18(22-23-19)16-7-5-4-6-8-16/h4-14H,3H2,1-2H3,(H,21,24)(H,22,23). The molecular formula is C20H21N3O2. The number of carbonyl (C=O) groups is 1. The molecule has 2 N–H and O–H groups in total. The van der Waals surface area contributed by atoms with Gasteiger partial charge >= 0.3 is 0 Å². The number of nitrogens with one attached hydrogen (secondary N) is 2. The lowest BCUT2D eigenvalue weighted by atomic mass is 10.1. The first-order valence-corrected chi connectivity index (χ1v) is 8.32. The normalized spacial score (nSPS) is 11.8. The fourth-order valence-electron chi connectivity index (χ4n) is 2.57. The Labute approximate surface area is 147 Å². The summed E-state index contributed by atoms with van der Waals surface area (Å²) < 4.78 is 5.44. The van der Waals surface area contributed by atoms with Gasteiger partial charge in [0.25, 0.3) is 5.91 Å². The van der Waals surface area contributed by atoms with Crippen LogP contribution in [0, 0.1) is 0 Å². The molecule has 5 nitrogen and oxygen atoms in total. The van der Waals surface area contributed by atoms with E-state index in [1.54, 1.807) is 6.07 Å². The van der Waals surface area contributed by atoms with Gasteiger partial charge in [-0.1, -0.05) is 42.5 Å². The molecule has 1 amide bonds. The molecule has 5 heteroatoms. The summed E-state index contributed by atoms with van der Waals surface area (Å²) in [5.41, 5.74) is 3.17. The summed E-state index contributed by atoms with van der Waals surface area (Å²) in [5, 5.41) is 10.00. The second kappa shape index (κ2) is 7.66. The van der Waals surface area contributed by atoms with E-state index in [0.29, 0.717) is 12.3 Å². The highest BCUT2D eigenvalue weighted by Crippen LogP contribution is 2.19. The number of aromatic nitrogens is 2. The predicted molar refractivity (Wildman–Crippen MR) is 97.5 cm³/mol. The van der Waals surface area contributed by atoms with Crippen molar-refractivity contribution >= 4 is 5.91 Å². The Hall–Kier alpha value is -3.08. The van der Waals surface area contributed by atoms with Crippen LogP contribution >= 0.6 is 0 Å². The molecule has 0 bridgehead atoms. The van der Waals surface area contributed by atoms with Crippen molar-refractivity contribution in [3.63, 3.8) is 0 Å². The summed E-state index contributed by atoms with van der Waals surface area (Å²) in [6.07, 6.45) is 0. The van der Waals surface area contributed by atoms with Crippen LogP contribution < -0.4 is 10.1 Å². The number of carbonyl (C=O) groups excluding carboxylic acids is 1. The molecule has 1 heterocycles. The van der Waals surface area contributed by atoms with E-state index in [1.165, 1.54) is 0 Å². The van der Waals surface area contributed by atoms with Crippen LogP contribution in [-0.2, 0) is 0 Å². The number of benzene rings is 2. The molecule has 2 aromatic carbocycles. The fraction of sp³-hybridized carbons (Fsp3) is 0.200. The lowest BCUT2D eigenvalue weighted by molar-refractivity contribution is 0.0935. The van der Waals surface area contributed by atoms with Crippen LogP contribution in [0.15, 0.2) is 60.7 Å². The highest BCUT2D eigenvalue weighted by Gasteiger charge is 2.14. The van der Waals surface area contributed by atoms with Gasteiger partial charge < -0.3 is 10.1 Å². The molecular weight excluding hydrogens is 314 g/mol. The van der Waals surface area contributed by atoms with Gasteiger partial charge in [0.1, 0.15) is 11.4 Å². The summed E-state index contributed by atoms with van der Waals surface area (Å²) in [6, 6.07) is 19.1. The Morgan fingerprint density at radius 2 is 1.88 bits per heavy atom. The zero-order valence-electron chi connectivity index (χ0n) is 14.3. The molecule has 0 fully saturated rings. The number of ether oxygens (including phenoxy) is 1. The van der Waals surface area contributed by atoms with Crippen LogP contribution in [0.25, 0.3) is 11.3 Å². The second-order valence-electron chi connectivity index (χ2n) is 5.73. The third-order valence-electron chi connectivity index (χ3n) is 3.93. The van der Waals surface area contributed by atoms with Gasteiger partial charge in [-0.15, -0.1) is 0 Å². The Bertz CT molecular complexity index is 826. The molecule has 0 saturated carbocycles. The molecule has 3 rings (SSSR count). The molecule has 0 aliphatic carbocycles. The van der Waals surface area contributed by atoms with E-state index in [4.69, 9.17) is 4.74 Å². The Morgan fingerprint density at radius 3 is 2.56 bits per heavy atom. The van der Waals surface area contributed by atoms with Gasteiger partial charge in [0.05, 0.1) is 18.3 Å². The largest absolute Gasteiger partial charge is 0.494 e. The third-order valence-corrected chi connectivity index (χ3v) is 3.93. The van der Waals surface area contributed by atoms with Crippen molar-refractivity contribution < 1.29 is 9.53 Å². The molecule has 0 aliphatic heterocycles. The van der Waals surface area contributed by atoms with E-state index < -0.39 is 0 Å². The van der Waals surface area contributed by atoms with Gasteiger partial charge in [0.15, 0.2) is 0 Å². The van der Waals surface area contributed by atoms with Gasteiger partial charge in [0, 0.05) is 5.56 Å². The maximum Gasteiger partial charge on any atom is 0.269 e. The third kappa shape index (κ3) is 4.07. The van der Waals surface area contributed by atoms with Crippen molar-refractivity contribution in [1.29, 1.82) is 0 Å². The summed E-state index contributed by atoms with van der Waals surface area (Å²) in [4.78, 5) is 12.4. The molecule has 128 valence electrons. The lowest BCUT2D eigenvalue weighted by Crippen LogP contribution is -2.26. The van der Waals surface area contributed by atoms with Crippen LogP contribution in [-0.4, -0.2) is 22.7 Å². The Kier molecular flexibility index (Phi) is 5.14. The summed E-state index contributed by atoms with van der Waals surface area (Å²) >= 11 is 0. The van der Waals surface area contributed by atoms with Gasteiger partial charge in [-0.3, -0.25) is 9.89 Å². The average Bonchev–Trinajstić information content (AvgIpc) is 3.13. The van der Waals surface area contributed by atoms with E-state index in [-0.39, 0.29) is 11.9 Å². The van der Waals surface area contributed by atoms with E-state index >= 15 is 0 Å². The number of H-pyrrole nitrogens is 1. The number of nitrogens with zero attached hydrogens (tertiary/aromatic N) is 1. The highest BCUT2D eigenvalue weighted by atomic mass is 16.5. The quantitative estimate of drug-likeness (QED) is 0.716. The van der Waals surface area contributed by atoms with E-state index in [0.717, 1.165) is 22.6 Å². The highest BCUT2D eigenvalue weighted by molar-refractivity contribution is 5.93. The molecule has 25 heavy (non-hydrogen) atoms. The fourth-order valence-corrected chi connectivity index (χ4v) is 2.57. The van der Waals surface area contributed by atoms with Crippen LogP contribution in [0.3, 0.4) is 0 Å². The molecule has 1 aromatic heterocycles. The summed E-state index contributed by atoms with van der Waals surface area (Å²) in [6.45, 7) is 4.53. The van der Waals surface area contributed by atoms with Crippen molar-refractivity contribution in [3.8, 4) is 17.0 Å². The minimum atomic E-state index is -0.184. The number of amides is 1. The smallest absolute Gasteiger partial charge is 0.269 e. The summed E-state index contributed by atoms with van der Waals surface area (Å²) in [7, 11) is 0. The van der Waals surface area contributed by atoms with Crippen molar-refractivity contribution in [2.45, 2.75) is 19.9 Å². The van der Waals surface area contributed by atoms with Crippen molar-refractivity contribution in [2.24, 2.45) is 0 Å². The number of hydrogen-bond acceptors (Lipinski definition) is 3. The molecule has 0 spiro atoms. The maximum absolute atomic E-state index is 12.4. The van der Waals surface area contributed by atoms with Crippen LogP contribution in [0.1, 0.15) is 35.9 Å². The van der Waals surface area contributed by atoms with Crippen molar-refractivity contribution in [3.05, 3.63) is 71.9 Å². The molecule has 3 aromatic rings. The molecule has 1 unspecified atom stereocenters. The Balaban J connectivity index is 1.66. The molecule has 0 aliphatic rings. The van der Waals surface area contributed by atoms with Gasteiger partial charge in [0.2, 0.25) is 0 Å². The van der Waals surface area contributed by atoms with Gasteiger partial charge in [-0.05, 0) is 37.6 Å². The average molecular weight is 335 g/mol. The predicted octanol–water partition coefficient (Wildman–Crippen LogP) is 3.97. The lowest BCUT2D eigenvalue weighted by Gasteiger charge is -2.14. The van der Waals surface area contributed by atoms with E-state index in [1.807, 2.05) is 68.4 Å². The number of rotatable bonds is 6. The van der Waals surface area contributed by atoms with Crippen molar-refractivity contribution in [1.82, 2.24) is 15.5 Å². The molecule has 0 radical (unpaired) electrons. The number of aromatic amines is 1. The minimum absolute atomic E-state index is 0.119. The van der Waals surface area contributed by atoms with Gasteiger partial charge in [-0.25, -0.2) is 0 Å². The SMILES string of the molecule is CCOc1ccc(C(C)NC(=O)c2cc(-c3ccccc3)n[nH]2)cc1. The Morgan fingerprint density at radius 1 is 1.16 bits per heavy atom. The maximum atomic E-state index is 12.4. The molecule has 0 saturated heterocycles. The first-order chi connectivity index (χ1) is 12.2. The zero-order chi connectivity index (χ0) is 17.6. The van der Waals surface area contributed by atoms with E-state index in [9.17, 15) is 4.79 Å². The van der Waals surface area contributed by atoms with E-state index in [2.05, 4.69) is 15.5 Å². The van der Waals surface area contributed by atoms with Crippen LogP contribution in [0.2, 0.25) is 0 Å². The minimum Gasteiger partial charge on any atom is -0.494 e. The first-order valence-electron chi connectivity index (χ1n) is 8.32. The first kappa shape index (κ1) is 16.8. The number of hydrogen-bond donors (Lipinski definition) is 2. The van der Waals surface area contributed by atoms with Crippen LogP contribution in [0.4, 0.5) is 0 Å².